The third kappa shape index (κ3) is 3.80. The van der Waals surface area contributed by atoms with Crippen molar-refractivity contribution in [3.63, 3.8) is 0 Å². The Morgan fingerprint density at radius 1 is 0.880 bits per heavy atom. The molecule has 1 saturated carbocycles. The molecule has 0 spiro atoms. The Kier molecular flexibility index (Phi) is 4.91. The van der Waals surface area contributed by atoms with Crippen LogP contribution in [0.3, 0.4) is 0 Å². The fourth-order valence-electron chi connectivity index (χ4n) is 4.75. The Balaban J connectivity index is 1.47. The second-order valence-electron chi connectivity index (χ2n) is 8.09. The molecule has 0 radical (unpaired) electrons. The molecule has 0 bridgehead atoms. The Morgan fingerprint density at radius 3 is 2.28 bits per heavy atom. The Labute approximate surface area is 152 Å². The van der Waals surface area contributed by atoms with Crippen LogP contribution in [0.5, 0.6) is 0 Å². The summed E-state index contributed by atoms with van der Waals surface area (Å²) in [4.78, 5) is 2.63. The van der Waals surface area contributed by atoms with Gasteiger partial charge in [-0.25, -0.2) is 0 Å². The fourth-order valence-corrected chi connectivity index (χ4v) is 4.75. The monoisotopic (exact) mass is 334 g/mol. The van der Waals surface area contributed by atoms with Gasteiger partial charge in [0.2, 0.25) is 0 Å². The van der Waals surface area contributed by atoms with Gasteiger partial charge in [0.15, 0.2) is 0 Å². The van der Waals surface area contributed by atoms with Crippen molar-refractivity contribution in [1.82, 2.24) is 4.90 Å². The lowest BCUT2D eigenvalue weighted by Crippen LogP contribution is -2.52. The maximum atomic E-state index is 6.89. The second-order valence-corrected chi connectivity index (χ2v) is 8.09. The molecule has 2 fully saturated rings. The van der Waals surface area contributed by atoms with Gasteiger partial charge in [0, 0.05) is 13.1 Å². The van der Waals surface area contributed by atoms with Crippen molar-refractivity contribution in [3.8, 4) is 11.1 Å². The number of nitrogens with two attached hydrogens (primary N) is 1. The van der Waals surface area contributed by atoms with Gasteiger partial charge in [0.25, 0.3) is 0 Å². The summed E-state index contributed by atoms with van der Waals surface area (Å²) in [5, 5.41) is 0. The standard InChI is InChI=1S/C23H30N2/c24-23(15-6-16-25(18-23)17-19-7-4-5-8-19)22-13-11-21(12-14-22)20-9-2-1-3-10-20/h1-3,9-14,19H,4-8,15-18,24H2/t23-/m0/s1. The Bertz CT molecular complexity index is 673. The number of nitrogens with zero attached hydrogens (tertiary/aromatic N) is 1. The third-order valence-corrected chi connectivity index (χ3v) is 6.16. The number of rotatable bonds is 4. The third-order valence-electron chi connectivity index (χ3n) is 6.16. The largest absolute Gasteiger partial charge is 0.320 e. The lowest BCUT2D eigenvalue weighted by atomic mass is 9.82. The van der Waals surface area contributed by atoms with Crippen molar-refractivity contribution >= 4 is 0 Å². The molecule has 2 heteroatoms. The zero-order valence-corrected chi connectivity index (χ0v) is 15.2. The number of hydrogen-bond donors (Lipinski definition) is 1. The molecule has 2 aromatic rings. The molecule has 1 saturated heterocycles. The maximum absolute atomic E-state index is 6.89. The Hall–Kier alpha value is -1.64. The summed E-state index contributed by atoms with van der Waals surface area (Å²) in [5.74, 6) is 0.905. The van der Waals surface area contributed by atoms with Crippen molar-refractivity contribution in [2.24, 2.45) is 11.7 Å². The van der Waals surface area contributed by atoms with E-state index in [-0.39, 0.29) is 5.54 Å². The number of hydrogen-bond acceptors (Lipinski definition) is 2. The van der Waals surface area contributed by atoms with Crippen molar-refractivity contribution in [3.05, 3.63) is 60.2 Å². The van der Waals surface area contributed by atoms with Gasteiger partial charge in [-0.15, -0.1) is 0 Å². The van der Waals surface area contributed by atoms with Crippen LogP contribution < -0.4 is 5.73 Å². The highest BCUT2D eigenvalue weighted by Gasteiger charge is 2.34. The first kappa shape index (κ1) is 16.8. The molecule has 0 unspecified atom stereocenters. The highest BCUT2D eigenvalue weighted by atomic mass is 15.2. The van der Waals surface area contributed by atoms with Crippen LogP contribution >= 0.6 is 0 Å². The maximum Gasteiger partial charge on any atom is 0.0539 e. The van der Waals surface area contributed by atoms with E-state index in [2.05, 4.69) is 59.5 Å². The van der Waals surface area contributed by atoms with Crippen LogP contribution in [0.2, 0.25) is 0 Å². The van der Waals surface area contributed by atoms with E-state index in [1.807, 2.05) is 0 Å². The van der Waals surface area contributed by atoms with Gasteiger partial charge in [-0.3, -0.25) is 0 Å². The zero-order chi connectivity index (χ0) is 17.1. The van der Waals surface area contributed by atoms with Crippen molar-refractivity contribution < 1.29 is 0 Å². The van der Waals surface area contributed by atoms with E-state index in [0.717, 1.165) is 18.9 Å². The molecule has 1 heterocycles. The first-order valence-electron chi connectivity index (χ1n) is 9.90. The average molecular weight is 335 g/mol. The summed E-state index contributed by atoms with van der Waals surface area (Å²) in [5.41, 5.74) is 10.5. The van der Waals surface area contributed by atoms with Gasteiger partial charge in [0.1, 0.15) is 0 Å². The second kappa shape index (κ2) is 7.31. The number of benzene rings is 2. The van der Waals surface area contributed by atoms with Crippen molar-refractivity contribution in [2.45, 2.75) is 44.1 Å². The van der Waals surface area contributed by atoms with Crippen LogP contribution in [0.1, 0.15) is 44.1 Å². The number of likely N-dealkylation sites (tertiary alicyclic amines) is 1. The minimum absolute atomic E-state index is 0.188. The van der Waals surface area contributed by atoms with E-state index >= 15 is 0 Å². The van der Waals surface area contributed by atoms with Crippen LogP contribution in [-0.2, 0) is 5.54 Å². The molecule has 1 aliphatic carbocycles. The van der Waals surface area contributed by atoms with Crippen LogP contribution in [0, 0.1) is 5.92 Å². The van der Waals surface area contributed by atoms with Gasteiger partial charge in [-0.2, -0.15) is 0 Å². The summed E-state index contributed by atoms with van der Waals surface area (Å²) in [6.45, 7) is 3.48. The van der Waals surface area contributed by atoms with Crippen molar-refractivity contribution in [2.75, 3.05) is 19.6 Å². The predicted molar refractivity (Wildman–Crippen MR) is 105 cm³/mol. The van der Waals surface area contributed by atoms with Crippen LogP contribution in [0.15, 0.2) is 54.6 Å². The molecule has 132 valence electrons. The van der Waals surface area contributed by atoms with Crippen molar-refractivity contribution in [1.29, 1.82) is 0 Å². The van der Waals surface area contributed by atoms with E-state index in [4.69, 9.17) is 5.73 Å². The zero-order valence-electron chi connectivity index (χ0n) is 15.2. The summed E-state index contributed by atoms with van der Waals surface area (Å²) in [6, 6.07) is 19.5. The molecule has 0 aromatic heterocycles. The molecule has 2 N–H and O–H groups in total. The molecule has 1 aliphatic heterocycles. The molecule has 2 aliphatic rings. The molecular formula is C23H30N2. The van der Waals surface area contributed by atoms with E-state index in [1.165, 1.54) is 61.9 Å². The van der Waals surface area contributed by atoms with E-state index in [1.54, 1.807) is 0 Å². The topological polar surface area (TPSA) is 29.3 Å². The Morgan fingerprint density at radius 2 is 1.56 bits per heavy atom. The molecule has 1 atom stereocenters. The molecule has 25 heavy (non-hydrogen) atoms. The summed E-state index contributed by atoms with van der Waals surface area (Å²) in [6.07, 6.45) is 7.99. The first-order chi connectivity index (χ1) is 12.2. The minimum atomic E-state index is -0.188. The predicted octanol–water partition coefficient (Wildman–Crippen LogP) is 4.79. The van der Waals surface area contributed by atoms with E-state index in [9.17, 15) is 0 Å². The number of piperidine rings is 1. The molecular weight excluding hydrogens is 304 g/mol. The fraction of sp³-hybridized carbons (Fsp3) is 0.478. The summed E-state index contributed by atoms with van der Waals surface area (Å²) >= 11 is 0. The van der Waals surface area contributed by atoms with Gasteiger partial charge < -0.3 is 10.6 Å². The average Bonchev–Trinajstić information content (AvgIpc) is 3.16. The van der Waals surface area contributed by atoms with Crippen LogP contribution in [-0.4, -0.2) is 24.5 Å². The highest BCUT2D eigenvalue weighted by Crippen LogP contribution is 2.33. The van der Waals surface area contributed by atoms with E-state index in [0.29, 0.717) is 0 Å². The normalized spacial score (nSPS) is 25.3. The highest BCUT2D eigenvalue weighted by molar-refractivity contribution is 5.63. The van der Waals surface area contributed by atoms with Gasteiger partial charge in [-0.1, -0.05) is 67.4 Å². The van der Waals surface area contributed by atoms with Crippen LogP contribution in [0.4, 0.5) is 0 Å². The van der Waals surface area contributed by atoms with Gasteiger partial charge >= 0.3 is 0 Å². The lowest BCUT2D eigenvalue weighted by Gasteiger charge is -2.41. The minimum Gasteiger partial charge on any atom is -0.320 e. The quantitative estimate of drug-likeness (QED) is 0.871. The SMILES string of the molecule is N[C@@]1(c2ccc(-c3ccccc3)cc2)CCCN(CC2CCCC2)C1. The van der Waals surface area contributed by atoms with Gasteiger partial charge in [0.05, 0.1) is 5.54 Å². The van der Waals surface area contributed by atoms with E-state index < -0.39 is 0 Å². The molecule has 0 amide bonds. The lowest BCUT2D eigenvalue weighted by molar-refractivity contribution is 0.130. The molecule has 2 nitrogen and oxygen atoms in total. The summed E-state index contributed by atoms with van der Waals surface area (Å²) in [7, 11) is 0. The smallest absolute Gasteiger partial charge is 0.0539 e. The summed E-state index contributed by atoms with van der Waals surface area (Å²) < 4.78 is 0. The van der Waals surface area contributed by atoms with Crippen LogP contribution in [0.25, 0.3) is 11.1 Å². The van der Waals surface area contributed by atoms with Gasteiger partial charge in [-0.05, 0) is 54.8 Å². The molecule has 4 rings (SSSR count). The first-order valence-corrected chi connectivity index (χ1v) is 9.90. The molecule has 2 aromatic carbocycles.